The van der Waals surface area contributed by atoms with Crippen molar-refractivity contribution >= 4 is 44.8 Å². The first-order chi connectivity index (χ1) is 13.8. The number of pyridine rings is 1. The summed E-state index contributed by atoms with van der Waals surface area (Å²) in [5.41, 5.74) is 3.18. The zero-order valence-corrected chi connectivity index (χ0v) is 18.0. The highest BCUT2D eigenvalue weighted by Gasteiger charge is 2.21. The lowest BCUT2D eigenvalue weighted by molar-refractivity contribution is 0.101. The van der Waals surface area contributed by atoms with E-state index in [0.717, 1.165) is 5.56 Å². The van der Waals surface area contributed by atoms with Gasteiger partial charge in [-0.1, -0.05) is 18.2 Å². The average Bonchev–Trinajstić information content (AvgIpc) is 3.10. The number of amides is 1. The number of hydrogen-bond acceptors (Lipinski definition) is 5. The van der Waals surface area contributed by atoms with Gasteiger partial charge in [0.05, 0.1) is 22.3 Å². The normalized spacial score (nSPS) is 10.3. The molecule has 0 saturated carbocycles. The maximum Gasteiger partial charge on any atom is 0.274 e. The monoisotopic (exact) mass is 470 g/mol. The van der Waals surface area contributed by atoms with E-state index < -0.39 is 5.91 Å². The van der Waals surface area contributed by atoms with Gasteiger partial charge in [-0.05, 0) is 52.7 Å². The number of nitrogens with one attached hydrogen (secondary N) is 2. The minimum Gasteiger partial charge on any atom is -0.388 e. The molecule has 0 radical (unpaired) electrons. The first kappa shape index (κ1) is 20.6. The fraction of sp³-hybridized carbons (Fsp3) is 0.100. The Kier molecular flexibility index (Phi) is 6.01. The Morgan fingerprint density at radius 1 is 1.38 bits per heavy atom. The van der Waals surface area contributed by atoms with E-state index in [1.165, 1.54) is 4.68 Å². The highest BCUT2D eigenvalue weighted by molar-refractivity contribution is 9.10. The third-order valence-electron chi connectivity index (χ3n) is 4.18. The lowest BCUT2D eigenvalue weighted by Gasteiger charge is -2.16. The van der Waals surface area contributed by atoms with Gasteiger partial charge in [0.1, 0.15) is 10.3 Å². The fourth-order valence-corrected chi connectivity index (χ4v) is 3.35. The number of hydrogen-bond donors (Lipinski definition) is 2. The molecule has 2 N–H and O–H groups in total. The summed E-state index contributed by atoms with van der Waals surface area (Å²) in [6.07, 6.45) is 1.57. The largest absolute Gasteiger partial charge is 0.388 e. The van der Waals surface area contributed by atoms with Crippen molar-refractivity contribution in [2.45, 2.75) is 6.92 Å². The highest BCUT2D eigenvalue weighted by atomic mass is 79.9. The predicted molar refractivity (Wildman–Crippen MR) is 116 cm³/mol. The van der Waals surface area contributed by atoms with E-state index in [-0.39, 0.29) is 5.69 Å². The first-order valence-electron chi connectivity index (χ1n) is 8.45. The van der Waals surface area contributed by atoms with Crippen LogP contribution in [0.5, 0.6) is 0 Å². The zero-order chi connectivity index (χ0) is 21.1. The molecule has 0 aliphatic carbocycles. The van der Waals surface area contributed by atoms with Gasteiger partial charge in [-0.2, -0.15) is 10.4 Å². The molecule has 1 amide bonds. The van der Waals surface area contributed by atoms with Crippen LogP contribution >= 0.6 is 27.5 Å². The lowest BCUT2D eigenvalue weighted by atomic mass is 10.0. The Morgan fingerprint density at radius 2 is 2.14 bits per heavy atom. The van der Waals surface area contributed by atoms with Crippen LogP contribution in [-0.4, -0.2) is 27.7 Å². The second-order valence-corrected chi connectivity index (χ2v) is 7.30. The standard InChI is InChI=1S/C20H16BrClN6O/c1-11-7-13(10-23)8-14(12(2)24-3)18(11)26-20(29)16-9-17(21)27-28(16)19-15(22)5-4-6-25-19/h4-9,24H,2H2,1,3H3,(H,26,29). The molecule has 146 valence electrons. The molecular formula is C20H16BrClN6O. The summed E-state index contributed by atoms with van der Waals surface area (Å²) in [5.74, 6) is -0.0793. The van der Waals surface area contributed by atoms with Crippen LogP contribution in [0.3, 0.4) is 0 Å². The summed E-state index contributed by atoms with van der Waals surface area (Å²) >= 11 is 9.53. The first-order valence-corrected chi connectivity index (χ1v) is 9.62. The maximum atomic E-state index is 13.1. The zero-order valence-electron chi connectivity index (χ0n) is 15.6. The smallest absolute Gasteiger partial charge is 0.274 e. The van der Waals surface area contributed by atoms with E-state index >= 15 is 0 Å². The molecule has 0 bridgehead atoms. The number of rotatable bonds is 5. The number of halogens is 2. The molecular weight excluding hydrogens is 456 g/mol. The number of carbonyl (C=O) groups is 1. The van der Waals surface area contributed by atoms with E-state index in [4.69, 9.17) is 11.6 Å². The van der Waals surface area contributed by atoms with Gasteiger partial charge in [0, 0.05) is 30.6 Å². The maximum absolute atomic E-state index is 13.1. The van der Waals surface area contributed by atoms with Gasteiger partial charge in [-0.15, -0.1) is 0 Å². The fourth-order valence-electron chi connectivity index (χ4n) is 2.78. The minimum atomic E-state index is -0.414. The van der Waals surface area contributed by atoms with Crippen LogP contribution < -0.4 is 10.6 Å². The van der Waals surface area contributed by atoms with Crippen LogP contribution in [0, 0.1) is 18.3 Å². The molecule has 0 fully saturated rings. The molecule has 0 atom stereocenters. The predicted octanol–water partition coefficient (Wildman–Crippen LogP) is 4.31. The number of benzene rings is 1. The molecule has 2 heterocycles. The van der Waals surface area contributed by atoms with Crippen LogP contribution in [-0.2, 0) is 0 Å². The molecule has 7 nitrogen and oxygen atoms in total. The third kappa shape index (κ3) is 4.16. The van der Waals surface area contributed by atoms with Crippen LogP contribution in [0.4, 0.5) is 5.69 Å². The molecule has 3 aromatic rings. The number of carbonyl (C=O) groups excluding carboxylic acids is 1. The van der Waals surface area contributed by atoms with Crippen molar-refractivity contribution in [3.8, 4) is 11.9 Å². The van der Waals surface area contributed by atoms with E-state index in [1.807, 2.05) is 6.92 Å². The van der Waals surface area contributed by atoms with E-state index in [0.29, 0.717) is 38.0 Å². The summed E-state index contributed by atoms with van der Waals surface area (Å²) in [5, 5.41) is 19.8. The van der Waals surface area contributed by atoms with Crippen molar-refractivity contribution in [3.05, 3.63) is 75.1 Å². The Hall–Kier alpha value is -3.15. The molecule has 0 aliphatic heterocycles. The lowest BCUT2D eigenvalue weighted by Crippen LogP contribution is -2.20. The van der Waals surface area contributed by atoms with Gasteiger partial charge < -0.3 is 10.6 Å². The van der Waals surface area contributed by atoms with Gasteiger partial charge >= 0.3 is 0 Å². The van der Waals surface area contributed by atoms with Crippen LogP contribution in [0.1, 0.15) is 27.2 Å². The Labute approximate surface area is 181 Å². The molecule has 2 aromatic heterocycles. The second kappa shape index (κ2) is 8.47. The molecule has 0 spiro atoms. The van der Waals surface area contributed by atoms with Crippen molar-refractivity contribution in [2.75, 3.05) is 12.4 Å². The SMILES string of the molecule is C=C(NC)c1cc(C#N)cc(C)c1NC(=O)c1cc(Br)nn1-c1ncccc1Cl. The molecule has 0 saturated heterocycles. The number of aromatic nitrogens is 3. The number of nitriles is 1. The number of aryl methyl sites for hydroxylation is 1. The van der Waals surface area contributed by atoms with Crippen molar-refractivity contribution in [3.63, 3.8) is 0 Å². The summed E-state index contributed by atoms with van der Waals surface area (Å²) < 4.78 is 1.83. The van der Waals surface area contributed by atoms with Crippen molar-refractivity contribution in [1.82, 2.24) is 20.1 Å². The van der Waals surface area contributed by atoms with E-state index in [1.54, 1.807) is 43.6 Å². The number of nitrogens with zero attached hydrogens (tertiary/aromatic N) is 4. The Balaban J connectivity index is 2.06. The number of anilines is 1. The van der Waals surface area contributed by atoms with Gasteiger partial charge in [0.2, 0.25) is 0 Å². The second-order valence-electron chi connectivity index (χ2n) is 6.08. The molecule has 3 rings (SSSR count). The van der Waals surface area contributed by atoms with E-state index in [2.05, 4.69) is 49.3 Å². The average molecular weight is 472 g/mol. The van der Waals surface area contributed by atoms with Crippen molar-refractivity contribution in [1.29, 1.82) is 5.26 Å². The quantitative estimate of drug-likeness (QED) is 0.578. The van der Waals surface area contributed by atoms with Crippen LogP contribution in [0.25, 0.3) is 11.5 Å². The highest BCUT2D eigenvalue weighted by Crippen LogP contribution is 2.28. The van der Waals surface area contributed by atoms with E-state index in [9.17, 15) is 10.1 Å². The molecule has 0 aliphatic rings. The van der Waals surface area contributed by atoms with Gasteiger partial charge in [-0.3, -0.25) is 4.79 Å². The topological polar surface area (TPSA) is 95.6 Å². The Morgan fingerprint density at radius 3 is 2.79 bits per heavy atom. The van der Waals surface area contributed by atoms with Crippen molar-refractivity contribution in [2.24, 2.45) is 0 Å². The van der Waals surface area contributed by atoms with Crippen LogP contribution in [0.2, 0.25) is 5.02 Å². The molecule has 0 unspecified atom stereocenters. The molecule has 29 heavy (non-hydrogen) atoms. The molecule has 1 aromatic carbocycles. The summed E-state index contributed by atoms with van der Waals surface area (Å²) in [6, 6.07) is 10.4. The van der Waals surface area contributed by atoms with Gasteiger partial charge in [-0.25, -0.2) is 9.67 Å². The van der Waals surface area contributed by atoms with Gasteiger partial charge in [0.15, 0.2) is 5.82 Å². The van der Waals surface area contributed by atoms with Crippen molar-refractivity contribution < 1.29 is 4.79 Å². The van der Waals surface area contributed by atoms with Gasteiger partial charge in [0.25, 0.3) is 5.91 Å². The molecule has 9 heteroatoms. The Bertz CT molecular complexity index is 1160. The minimum absolute atomic E-state index is 0.238. The third-order valence-corrected chi connectivity index (χ3v) is 4.86. The summed E-state index contributed by atoms with van der Waals surface area (Å²) in [6.45, 7) is 5.77. The van der Waals surface area contributed by atoms with Crippen LogP contribution in [0.15, 0.2) is 47.7 Å². The summed E-state index contributed by atoms with van der Waals surface area (Å²) in [7, 11) is 1.72. The summed E-state index contributed by atoms with van der Waals surface area (Å²) in [4.78, 5) is 17.3.